The lowest BCUT2D eigenvalue weighted by Crippen LogP contribution is -2.06. The number of hydrogen-bond acceptors (Lipinski definition) is 4. The Morgan fingerprint density at radius 3 is 2.36 bits per heavy atom. The van der Waals surface area contributed by atoms with Crippen LogP contribution in [0.3, 0.4) is 0 Å². The second-order valence-electron chi connectivity index (χ2n) is 6.81. The molecule has 0 fully saturated rings. The first-order valence-corrected chi connectivity index (χ1v) is 13.0. The molecule has 4 nitrogen and oxygen atoms in total. The topological polar surface area (TPSA) is 47.9 Å². The Balaban J connectivity index is 1.57. The van der Waals surface area contributed by atoms with Crippen molar-refractivity contribution in [3.05, 3.63) is 98.5 Å². The van der Waals surface area contributed by atoms with Crippen LogP contribution in [0.1, 0.15) is 16.7 Å². The van der Waals surface area contributed by atoms with E-state index in [0.717, 1.165) is 14.7 Å². The highest BCUT2D eigenvalue weighted by atomic mass is 127. The minimum atomic E-state index is -0.549. The minimum Gasteiger partial charge on any atom is -0.487 e. The summed E-state index contributed by atoms with van der Waals surface area (Å²) in [6, 6.07) is 14.4. The van der Waals surface area contributed by atoms with E-state index in [1.54, 1.807) is 24.3 Å². The zero-order valence-electron chi connectivity index (χ0n) is 16.3. The van der Waals surface area contributed by atoms with Gasteiger partial charge in [-0.1, -0.05) is 40.9 Å². The largest absolute Gasteiger partial charge is 0.487 e. The first kappa shape index (κ1) is 25.0. The highest BCUT2D eigenvalue weighted by Gasteiger charge is 2.26. The summed E-state index contributed by atoms with van der Waals surface area (Å²) in [6.45, 7) is 0.297. The fraction of sp³-hybridized carbons (Fsp3) is 0.0435. The van der Waals surface area contributed by atoms with Crippen LogP contribution < -0.4 is 4.74 Å². The van der Waals surface area contributed by atoms with Crippen molar-refractivity contribution in [1.29, 1.82) is 0 Å². The van der Waals surface area contributed by atoms with E-state index in [1.807, 2.05) is 30.3 Å². The molecule has 0 N–H and O–H groups in total. The molecule has 0 atom stereocenters. The maximum atomic E-state index is 12.4. The van der Waals surface area contributed by atoms with Crippen molar-refractivity contribution < 1.29 is 14.3 Å². The third-order valence-corrected chi connectivity index (χ3v) is 7.39. The van der Waals surface area contributed by atoms with Gasteiger partial charge in [0.05, 0.1) is 29.6 Å². The maximum absolute atomic E-state index is 12.4. The molecule has 0 saturated heterocycles. The van der Waals surface area contributed by atoms with Gasteiger partial charge in [0.1, 0.15) is 12.4 Å². The molecule has 3 aromatic carbocycles. The van der Waals surface area contributed by atoms with Crippen LogP contribution in [0.4, 0.5) is 0 Å². The third-order valence-electron chi connectivity index (χ3n) is 4.47. The number of carbonyl (C=O) groups is 1. The van der Waals surface area contributed by atoms with Gasteiger partial charge < -0.3 is 9.47 Å². The molecule has 0 saturated carbocycles. The number of halogens is 6. The van der Waals surface area contributed by atoms with Gasteiger partial charge in [-0.15, -0.1) is 0 Å². The molecule has 3 aromatic rings. The number of nitrogens with zero attached hydrogens (tertiary/aromatic N) is 1. The highest BCUT2D eigenvalue weighted by Crippen LogP contribution is 2.37. The van der Waals surface area contributed by atoms with E-state index >= 15 is 0 Å². The van der Waals surface area contributed by atoms with Crippen LogP contribution in [0.2, 0.25) is 15.1 Å². The standard InChI is InChI=1S/C23H11Br2Cl3INO3/c24-15-5-12(6-16(25)21(15)32-10-11-1-3-18(27)19(28)7-11)8-20-23(31)33-22(30-20)14-9-13(29)2-4-17(14)26/h1-9H,10H2/b20-8-. The van der Waals surface area contributed by atoms with Crippen LogP contribution in [0.15, 0.2) is 68.2 Å². The highest BCUT2D eigenvalue weighted by molar-refractivity contribution is 14.1. The van der Waals surface area contributed by atoms with E-state index in [0.29, 0.717) is 41.9 Å². The van der Waals surface area contributed by atoms with Crippen molar-refractivity contribution in [2.75, 3.05) is 0 Å². The normalized spacial score (nSPS) is 14.4. The van der Waals surface area contributed by atoms with Gasteiger partial charge in [-0.05, 0) is 114 Å². The third kappa shape index (κ3) is 5.94. The van der Waals surface area contributed by atoms with Crippen molar-refractivity contribution in [2.45, 2.75) is 6.61 Å². The molecule has 168 valence electrons. The molecule has 10 heteroatoms. The van der Waals surface area contributed by atoms with Crippen LogP contribution in [-0.4, -0.2) is 11.9 Å². The Morgan fingerprint density at radius 1 is 0.970 bits per heavy atom. The lowest BCUT2D eigenvalue weighted by atomic mass is 10.2. The molecular weight excluding hydrogens is 731 g/mol. The molecular formula is C23H11Br2Cl3INO3. The van der Waals surface area contributed by atoms with Gasteiger partial charge in [-0.25, -0.2) is 9.79 Å². The molecule has 4 rings (SSSR count). The fourth-order valence-electron chi connectivity index (χ4n) is 2.93. The molecule has 0 amide bonds. The number of aliphatic imine (C=N–C) groups is 1. The summed E-state index contributed by atoms with van der Waals surface area (Å²) < 4.78 is 13.6. The smallest absolute Gasteiger partial charge is 0.363 e. The number of ether oxygens (including phenoxy) is 2. The fourth-order valence-corrected chi connectivity index (χ4v) is 5.39. The van der Waals surface area contributed by atoms with Crippen molar-refractivity contribution in [3.63, 3.8) is 0 Å². The molecule has 1 aliphatic heterocycles. The van der Waals surface area contributed by atoms with Crippen LogP contribution in [0, 0.1) is 3.57 Å². The molecule has 0 aromatic heterocycles. The Kier molecular flexibility index (Phi) is 8.08. The van der Waals surface area contributed by atoms with Crippen LogP contribution >= 0.6 is 89.3 Å². The number of hydrogen-bond donors (Lipinski definition) is 0. The molecule has 0 bridgehead atoms. The molecule has 0 unspecified atom stereocenters. The number of cyclic esters (lactones) is 1. The van der Waals surface area contributed by atoms with Crippen molar-refractivity contribution in [2.24, 2.45) is 4.99 Å². The monoisotopic (exact) mass is 739 g/mol. The summed E-state index contributed by atoms with van der Waals surface area (Å²) >= 11 is 27.5. The van der Waals surface area contributed by atoms with E-state index < -0.39 is 5.97 Å². The lowest BCUT2D eigenvalue weighted by Gasteiger charge is -2.12. The van der Waals surface area contributed by atoms with Crippen LogP contribution in [0.5, 0.6) is 5.75 Å². The zero-order valence-corrected chi connectivity index (χ0v) is 23.9. The van der Waals surface area contributed by atoms with Gasteiger partial charge in [0.15, 0.2) is 5.70 Å². The Hall–Kier alpha value is -1.10. The van der Waals surface area contributed by atoms with E-state index in [1.165, 1.54) is 0 Å². The molecule has 0 aliphatic carbocycles. The number of esters is 1. The van der Waals surface area contributed by atoms with Crippen molar-refractivity contribution in [3.8, 4) is 5.75 Å². The summed E-state index contributed by atoms with van der Waals surface area (Å²) in [5, 5.41) is 1.41. The SMILES string of the molecule is O=C1OC(c2cc(I)ccc2Cl)=N/C1=C\c1cc(Br)c(OCc2ccc(Cl)c(Cl)c2)c(Br)c1. The van der Waals surface area contributed by atoms with E-state index in [4.69, 9.17) is 44.3 Å². The predicted octanol–water partition coefficient (Wildman–Crippen LogP) is 8.70. The summed E-state index contributed by atoms with van der Waals surface area (Å²) in [4.78, 5) is 16.7. The van der Waals surface area contributed by atoms with E-state index in [9.17, 15) is 4.79 Å². The molecule has 1 heterocycles. The Labute approximate surface area is 235 Å². The van der Waals surface area contributed by atoms with E-state index in [2.05, 4.69) is 59.4 Å². The van der Waals surface area contributed by atoms with Gasteiger partial charge in [-0.3, -0.25) is 0 Å². The number of rotatable bonds is 5. The first-order chi connectivity index (χ1) is 15.7. The molecule has 33 heavy (non-hydrogen) atoms. The maximum Gasteiger partial charge on any atom is 0.363 e. The Bertz CT molecular complexity index is 1320. The lowest BCUT2D eigenvalue weighted by molar-refractivity contribution is -0.129. The van der Waals surface area contributed by atoms with Crippen LogP contribution in [-0.2, 0) is 16.1 Å². The summed E-state index contributed by atoms with van der Waals surface area (Å²) in [7, 11) is 0. The summed E-state index contributed by atoms with van der Waals surface area (Å²) in [5.41, 5.74) is 2.33. The van der Waals surface area contributed by atoms with Crippen molar-refractivity contribution >= 4 is 107 Å². The second kappa shape index (κ2) is 10.7. The van der Waals surface area contributed by atoms with Crippen molar-refractivity contribution in [1.82, 2.24) is 0 Å². The average molecular weight is 742 g/mol. The average Bonchev–Trinajstić information content (AvgIpc) is 3.11. The van der Waals surface area contributed by atoms with Gasteiger partial charge >= 0.3 is 5.97 Å². The summed E-state index contributed by atoms with van der Waals surface area (Å²) in [5.74, 6) is 0.230. The van der Waals surface area contributed by atoms with Gasteiger partial charge in [0.2, 0.25) is 5.90 Å². The van der Waals surface area contributed by atoms with Crippen LogP contribution in [0.25, 0.3) is 6.08 Å². The van der Waals surface area contributed by atoms with Gasteiger partial charge in [0.25, 0.3) is 0 Å². The first-order valence-electron chi connectivity index (χ1n) is 9.25. The quantitative estimate of drug-likeness (QED) is 0.149. The molecule has 0 radical (unpaired) electrons. The van der Waals surface area contributed by atoms with Gasteiger partial charge in [-0.2, -0.15) is 0 Å². The number of benzene rings is 3. The number of carbonyl (C=O) groups excluding carboxylic acids is 1. The predicted molar refractivity (Wildman–Crippen MR) is 147 cm³/mol. The minimum absolute atomic E-state index is 0.170. The summed E-state index contributed by atoms with van der Waals surface area (Å²) in [6.07, 6.45) is 1.63. The molecule has 1 aliphatic rings. The van der Waals surface area contributed by atoms with Gasteiger partial charge in [0, 0.05) is 3.57 Å². The second-order valence-corrected chi connectivity index (χ2v) is 11.0. The molecule has 0 spiro atoms. The zero-order chi connectivity index (χ0) is 23.7. The Morgan fingerprint density at radius 2 is 1.67 bits per heavy atom. The van der Waals surface area contributed by atoms with E-state index in [-0.39, 0.29) is 11.6 Å².